The fourth-order valence-electron chi connectivity index (χ4n) is 6.07. The van der Waals surface area contributed by atoms with Crippen LogP contribution < -0.4 is 30.7 Å². The Morgan fingerprint density at radius 2 is 0.712 bits per heavy atom. The van der Waals surface area contributed by atoms with E-state index in [0.29, 0.717) is 45.7 Å². The number of amides is 4. The second kappa shape index (κ2) is 12.4. The molecule has 6 aromatic rings. The number of carbonyl (C=O) groups excluding carboxylic acids is 5. The van der Waals surface area contributed by atoms with E-state index in [1.165, 1.54) is 36.4 Å². The molecule has 4 amide bonds. The molecule has 0 aliphatic carbocycles. The lowest BCUT2D eigenvalue weighted by atomic mass is 9.96. The molecule has 0 atom stereocenters. The van der Waals surface area contributed by atoms with Gasteiger partial charge in [0.05, 0.1) is 33.6 Å². The van der Waals surface area contributed by atoms with E-state index in [0.717, 1.165) is 9.80 Å². The number of carbonyl (C=O) groups is 5. The lowest BCUT2D eigenvalue weighted by Gasteiger charge is -2.14. The van der Waals surface area contributed by atoms with Crippen LogP contribution in [0, 0.1) is 0 Å². The second-order valence-electron chi connectivity index (χ2n) is 12.1. The molecule has 2 aliphatic rings. The standard InChI is InChI=1S/C41H26N4O7/c42-25-3-11-29(12-4-25)51-31-15-7-27(8-16-31)44-38(47)33-19-1-23(21-35(33)40(44)49)37(46)24-2-20-34-36(22-24)41(50)45(39(34)48)28-9-17-32(18-10-28)52-30-13-5-26(43)6-14-30/h1-22H,42-43H2. The zero-order chi connectivity index (χ0) is 36.1. The average Bonchev–Trinajstić information content (AvgIpc) is 3.56. The van der Waals surface area contributed by atoms with Crippen LogP contribution in [0.1, 0.15) is 57.4 Å². The first-order valence-electron chi connectivity index (χ1n) is 16.0. The summed E-state index contributed by atoms with van der Waals surface area (Å²) >= 11 is 0. The van der Waals surface area contributed by atoms with E-state index in [9.17, 15) is 24.0 Å². The molecule has 4 N–H and O–H groups in total. The third-order valence-electron chi connectivity index (χ3n) is 8.72. The van der Waals surface area contributed by atoms with Crippen molar-refractivity contribution in [3.05, 3.63) is 167 Å². The molecule has 0 radical (unpaired) electrons. The summed E-state index contributed by atoms with van der Waals surface area (Å²) in [6.45, 7) is 0. The number of anilines is 4. The molecule has 0 spiro atoms. The van der Waals surface area contributed by atoms with Crippen LogP contribution in [0.4, 0.5) is 22.7 Å². The van der Waals surface area contributed by atoms with Gasteiger partial charge in [0.15, 0.2) is 5.78 Å². The van der Waals surface area contributed by atoms with Crippen LogP contribution in [0.15, 0.2) is 133 Å². The topological polar surface area (TPSA) is 162 Å². The summed E-state index contributed by atoms with van der Waals surface area (Å²) in [7, 11) is 0. The number of ether oxygens (including phenoxy) is 2. The van der Waals surface area contributed by atoms with Gasteiger partial charge in [-0.05, 0) is 121 Å². The SMILES string of the molecule is Nc1ccc(Oc2ccc(N3C(=O)c4ccc(C(=O)c5ccc6c(c5)C(=O)N(c5ccc(Oc7ccc(N)cc7)cc5)C6=O)cc4C3=O)cc2)cc1. The Morgan fingerprint density at radius 3 is 1.06 bits per heavy atom. The van der Waals surface area contributed by atoms with Gasteiger partial charge in [0, 0.05) is 22.5 Å². The number of benzene rings is 6. The Balaban J connectivity index is 0.985. The fraction of sp³-hybridized carbons (Fsp3) is 0. The highest BCUT2D eigenvalue weighted by atomic mass is 16.5. The summed E-state index contributed by atoms with van der Waals surface area (Å²) < 4.78 is 11.6. The molecule has 6 aromatic carbocycles. The van der Waals surface area contributed by atoms with Crippen molar-refractivity contribution in [3.8, 4) is 23.0 Å². The van der Waals surface area contributed by atoms with E-state index in [2.05, 4.69) is 0 Å². The molecular formula is C41H26N4O7. The van der Waals surface area contributed by atoms with Crippen LogP contribution in [0.25, 0.3) is 0 Å². The van der Waals surface area contributed by atoms with Crippen molar-refractivity contribution < 1.29 is 33.4 Å². The van der Waals surface area contributed by atoms with Gasteiger partial charge in [-0.1, -0.05) is 12.1 Å². The summed E-state index contributed by atoms with van der Waals surface area (Å²) in [5, 5.41) is 0. The van der Waals surface area contributed by atoms with Crippen LogP contribution in [-0.4, -0.2) is 29.4 Å². The van der Waals surface area contributed by atoms with Crippen molar-refractivity contribution in [2.75, 3.05) is 21.3 Å². The van der Waals surface area contributed by atoms with Crippen molar-refractivity contribution in [3.63, 3.8) is 0 Å². The van der Waals surface area contributed by atoms with Crippen LogP contribution in [0.2, 0.25) is 0 Å². The first kappa shape index (κ1) is 31.7. The van der Waals surface area contributed by atoms with Gasteiger partial charge in [-0.15, -0.1) is 0 Å². The quantitative estimate of drug-likeness (QED) is 0.0953. The van der Waals surface area contributed by atoms with Crippen molar-refractivity contribution in [2.24, 2.45) is 0 Å². The third kappa shape index (κ3) is 5.57. The van der Waals surface area contributed by atoms with Crippen LogP contribution >= 0.6 is 0 Å². The van der Waals surface area contributed by atoms with Crippen molar-refractivity contribution in [1.29, 1.82) is 0 Å². The van der Waals surface area contributed by atoms with Crippen molar-refractivity contribution in [1.82, 2.24) is 0 Å². The van der Waals surface area contributed by atoms with Gasteiger partial charge in [-0.3, -0.25) is 24.0 Å². The lowest BCUT2D eigenvalue weighted by Crippen LogP contribution is -2.29. The van der Waals surface area contributed by atoms with E-state index >= 15 is 0 Å². The first-order valence-corrected chi connectivity index (χ1v) is 16.0. The maximum Gasteiger partial charge on any atom is 0.266 e. The molecule has 11 nitrogen and oxygen atoms in total. The molecule has 2 aliphatic heterocycles. The van der Waals surface area contributed by atoms with Crippen LogP contribution in [0.5, 0.6) is 23.0 Å². The lowest BCUT2D eigenvalue weighted by molar-refractivity contribution is 0.0910. The summed E-state index contributed by atoms with van der Waals surface area (Å²) in [6, 6.07) is 35.2. The molecule has 0 saturated carbocycles. The number of imide groups is 2. The molecule has 0 unspecified atom stereocenters. The zero-order valence-electron chi connectivity index (χ0n) is 27.1. The minimum absolute atomic E-state index is 0.0699. The van der Waals surface area contributed by atoms with Gasteiger partial charge in [0.2, 0.25) is 0 Å². The highest BCUT2D eigenvalue weighted by Gasteiger charge is 2.39. The van der Waals surface area contributed by atoms with Gasteiger partial charge in [-0.25, -0.2) is 9.80 Å². The summed E-state index contributed by atoms with van der Waals surface area (Å²) in [5.74, 6) is -0.587. The van der Waals surface area contributed by atoms with Gasteiger partial charge in [0.1, 0.15) is 23.0 Å². The number of fused-ring (bicyclic) bond motifs is 2. The number of rotatable bonds is 8. The summed E-state index contributed by atoms with van der Waals surface area (Å²) in [4.78, 5) is 69.4. The number of ketones is 1. The molecule has 8 rings (SSSR count). The molecular weight excluding hydrogens is 660 g/mol. The highest BCUT2D eigenvalue weighted by Crippen LogP contribution is 2.34. The minimum atomic E-state index is -0.586. The number of nitrogens with zero attached hydrogens (tertiary/aromatic N) is 2. The summed E-state index contributed by atoms with van der Waals surface area (Å²) in [6.07, 6.45) is 0. The van der Waals surface area contributed by atoms with Crippen molar-refractivity contribution >= 4 is 52.2 Å². The number of nitrogen functional groups attached to an aromatic ring is 2. The monoisotopic (exact) mass is 686 g/mol. The normalized spacial score (nSPS) is 13.3. The average molecular weight is 687 g/mol. The Labute approximate surface area is 296 Å². The minimum Gasteiger partial charge on any atom is -0.457 e. The number of nitrogens with two attached hydrogens (primary N) is 2. The highest BCUT2D eigenvalue weighted by molar-refractivity contribution is 6.36. The van der Waals surface area contributed by atoms with Crippen LogP contribution in [-0.2, 0) is 0 Å². The van der Waals surface area contributed by atoms with Gasteiger partial charge < -0.3 is 20.9 Å². The van der Waals surface area contributed by atoms with E-state index < -0.39 is 29.4 Å². The largest absolute Gasteiger partial charge is 0.457 e. The van der Waals surface area contributed by atoms with E-state index in [1.54, 1.807) is 97.1 Å². The Kier molecular flexibility index (Phi) is 7.57. The third-order valence-corrected chi connectivity index (χ3v) is 8.72. The van der Waals surface area contributed by atoms with Gasteiger partial charge in [0.25, 0.3) is 23.6 Å². The molecule has 11 heteroatoms. The molecule has 2 heterocycles. The van der Waals surface area contributed by atoms with Crippen molar-refractivity contribution in [2.45, 2.75) is 0 Å². The maximum absolute atomic E-state index is 13.7. The second-order valence-corrected chi connectivity index (χ2v) is 12.1. The molecule has 0 saturated heterocycles. The predicted molar refractivity (Wildman–Crippen MR) is 193 cm³/mol. The van der Waals surface area contributed by atoms with Gasteiger partial charge in [-0.2, -0.15) is 0 Å². The molecule has 252 valence electrons. The predicted octanol–water partition coefficient (Wildman–Crippen LogP) is 7.27. The van der Waals surface area contributed by atoms with E-state index in [-0.39, 0.29) is 33.4 Å². The number of hydrogen-bond donors (Lipinski definition) is 2. The Morgan fingerprint density at radius 1 is 0.404 bits per heavy atom. The van der Waals surface area contributed by atoms with Gasteiger partial charge >= 0.3 is 0 Å². The maximum atomic E-state index is 13.7. The van der Waals surface area contributed by atoms with E-state index in [1.807, 2.05) is 0 Å². The zero-order valence-corrected chi connectivity index (χ0v) is 27.1. The van der Waals surface area contributed by atoms with E-state index in [4.69, 9.17) is 20.9 Å². The number of hydrogen-bond acceptors (Lipinski definition) is 9. The van der Waals surface area contributed by atoms with Crippen LogP contribution in [0.3, 0.4) is 0 Å². The smallest absolute Gasteiger partial charge is 0.266 e. The molecule has 0 bridgehead atoms. The molecule has 52 heavy (non-hydrogen) atoms. The molecule has 0 aromatic heterocycles. The Hall–Kier alpha value is -7.53. The Bertz CT molecular complexity index is 2290. The summed E-state index contributed by atoms with van der Waals surface area (Å²) in [5.41, 5.74) is 14.0. The molecule has 0 fully saturated rings. The first-order chi connectivity index (χ1) is 25.1. The fourth-order valence-corrected chi connectivity index (χ4v) is 6.07.